The van der Waals surface area contributed by atoms with Crippen molar-refractivity contribution in [3.8, 4) is 0 Å². The summed E-state index contributed by atoms with van der Waals surface area (Å²) < 4.78 is 6.12. The molecule has 4 saturated heterocycles. The third-order valence-electron chi connectivity index (χ3n) is 6.87. The predicted octanol–water partition coefficient (Wildman–Crippen LogP) is 2.80. The SMILES string of the molecule is CCNC(=NCC1CCCN(C(C)C)C1)N1CC2C3CCC(O3)C2C1.I. The molecule has 0 aromatic rings. The number of likely N-dealkylation sites (tertiary alicyclic amines) is 2. The van der Waals surface area contributed by atoms with Crippen molar-refractivity contribution >= 4 is 29.9 Å². The van der Waals surface area contributed by atoms with Gasteiger partial charge in [-0.25, -0.2) is 0 Å². The molecule has 5 unspecified atom stereocenters. The van der Waals surface area contributed by atoms with Crippen molar-refractivity contribution in [2.24, 2.45) is 22.7 Å². The van der Waals surface area contributed by atoms with Gasteiger partial charge in [0, 0.05) is 50.6 Å². The molecule has 4 rings (SSSR count). The Morgan fingerprint density at radius 2 is 1.81 bits per heavy atom. The van der Waals surface area contributed by atoms with Crippen LogP contribution in [0.5, 0.6) is 0 Å². The van der Waals surface area contributed by atoms with Gasteiger partial charge in [-0.15, -0.1) is 24.0 Å². The molecular weight excluding hydrogens is 439 g/mol. The summed E-state index contributed by atoms with van der Waals surface area (Å²) in [5.74, 6) is 3.35. The molecule has 26 heavy (non-hydrogen) atoms. The van der Waals surface area contributed by atoms with Gasteiger partial charge in [0.05, 0.1) is 12.2 Å². The minimum Gasteiger partial charge on any atom is -0.374 e. The van der Waals surface area contributed by atoms with Gasteiger partial charge in [0.1, 0.15) is 0 Å². The van der Waals surface area contributed by atoms with Gasteiger partial charge < -0.3 is 19.9 Å². The number of ether oxygens (including phenoxy) is 1. The molecule has 1 N–H and O–H groups in total. The smallest absolute Gasteiger partial charge is 0.193 e. The number of aliphatic imine (C=N–C) groups is 1. The average molecular weight is 476 g/mol. The van der Waals surface area contributed by atoms with Crippen molar-refractivity contribution in [1.82, 2.24) is 15.1 Å². The third kappa shape index (κ3) is 4.17. The maximum Gasteiger partial charge on any atom is 0.193 e. The van der Waals surface area contributed by atoms with Crippen molar-refractivity contribution in [2.75, 3.05) is 39.3 Å². The van der Waals surface area contributed by atoms with Gasteiger partial charge in [0.25, 0.3) is 0 Å². The Labute approximate surface area is 176 Å². The second-order valence-electron chi connectivity index (χ2n) is 8.81. The first-order valence-electron chi connectivity index (χ1n) is 10.6. The second kappa shape index (κ2) is 8.95. The van der Waals surface area contributed by atoms with Crippen LogP contribution in [0.15, 0.2) is 4.99 Å². The first-order chi connectivity index (χ1) is 12.2. The van der Waals surface area contributed by atoms with Crippen molar-refractivity contribution < 1.29 is 4.74 Å². The number of guanidine groups is 1. The van der Waals surface area contributed by atoms with Gasteiger partial charge in [0.15, 0.2) is 5.96 Å². The van der Waals surface area contributed by atoms with Crippen molar-refractivity contribution in [1.29, 1.82) is 0 Å². The normalized spacial score (nSPS) is 37.2. The summed E-state index contributed by atoms with van der Waals surface area (Å²) in [4.78, 5) is 10.2. The fourth-order valence-electron chi connectivity index (χ4n) is 5.49. The minimum atomic E-state index is 0. The summed E-state index contributed by atoms with van der Waals surface area (Å²) in [6.45, 7) is 13.5. The molecule has 150 valence electrons. The largest absolute Gasteiger partial charge is 0.374 e. The van der Waals surface area contributed by atoms with Crippen LogP contribution in [0.25, 0.3) is 0 Å². The monoisotopic (exact) mass is 476 g/mol. The number of hydrogen-bond donors (Lipinski definition) is 1. The molecule has 0 aromatic heterocycles. The van der Waals surface area contributed by atoms with E-state index in [0.717, 1.165) is 44.0 Å². The Balaban J connectivity index is 0.00000196. The Morgan fingerprint density at radius 3 is 2.42 bits per heavy atom. The summed E-state index contributed by atoms with van der Waals surface area (Å²) >= 11 is 0. The molecule has 5 atom stereocenters. The second-order valence-corrected chi connectivity index (χ2v) is 8.81. The van der Waals surface area contributed by atoms with Crippen LogP contribution in [0.3, 0.4) is 0 Å². The van der Waals surface area contributed by atoms with Crippen LogP contribution in [0.1, 0.15) is 46.5 Å². The molecule has 0 aliphatic carbocycles. The quantitative estimate of drug-likeness (QED) is 0.385. The van der Waals surface area contributed by atoms with E-state index in [2.05, 4.69) is 35.9 Å². The van der Waals surface area contributed by atoms with Crippen LogP contribution in [0, 0.1) is 17.8 Å². The molecule has 6 heteroatoms. The zero-order valence-corrected chi connectivity index (χ0v) is 19.0. The summed E-state index contributed by atoms with van der Waals surface area (Å²) in [5.41, 5.74) is 0. The van der Waals surface area contributed by atoms with Crippen molar-refractivity contribution in [3.05, 3.63) is 0 Å². The Hall–Kier alpha value is -0.0800. The zero-order chi connectivity index (χ0) is 17.4. The lowest BCUT2D eigenvalue weighted by molar-refractivity contribution is 0.0767. The first-order valence-corrected chi connectivity index (χ1v) is 10.6. The molecular formula is C20H37IN4O. The number of hydrogen-bond acceptors (Lipinski definition) is 3. The molecule has 0 aromatic carbocycles. The highest BCUT2D eigenvalue weighted by Crippen LogP contribution is 2.47. The van der Waals surface area contributed by atoms with E-state index < -0.39 is 0 Å². The van der Waals surface area contributed by atoms with E-state index in [4.69, 9.17) is 9.73 Å². The van der Waals surface area contributed by atoms with E-state index in [1.165, 1.54) is 38.8 Å². The van der Waals surface area contributed by atoms with Crippen LogP contribution >= 0.6 is 24.0 Å². The topological polar surface area (TPSA) is 40.1 Å². The molecule has 0 saturated carbocycles. The van der Waals surface area contributed by atoms with Crippen LogP contribution in [0.4, 0.5) is 0 Å². The van der Waals surface area contributed by atoms with Gasteiger partial charge in [-0.3, -0.25) is 4.99 Å². The molecule has 4 fully saturated rings. The van der Waals surface area contributed by atoms with Gasteiger partial charge in [0.2, 0.25) is 0 Å². The zero-order valence-electron chi connectivity index (χ0n) is 16.7. The van der Waals surface area contributed by atoms with Gasteiger partial charge >= 0.3 is 0 Å². The Kier molecular flexibility index (Phi) is 7.11. The van der Waals surface area contributed by atoms with E-state index >= 15 is 0 Å². The lowest BCUT2D eigenvalue weighted by Crippen LogP contribution is -2.43. The maximum absolute atomic E-state index is 6.12. The molecule has 5 nitrogen and oxygen atoms in total. The highest BCUT2D eigenvalue weighted by molar-refractivity contribution is 14.0. The highest BCUT2D eigenvalue weighted by atomic mass is 127. The van der Waals surface area contributed by atoms with Crippen molar-refractivity contribution in [3.63, 3.8) is 0 Å². The van der Waals surface area contributed by atoms with E-state index in [0.29, 0.717) is 24.2 Å². The van der Waals surface area contributed by atoms with Gasteiger partial charge in [-0.2, -0.15) is 0 Å². The summed E-state index contributed by atoms with van der Waals surface area (Å²) in [5, 5.41) is 3.56. The first kappa shape index (κ1) is 20.6. The number of nitrogens with one attached hydrogen (secondary N) is 1. The molecule has 0 radical (unpaired) electrons. The Bertz CT molecular complexity index is 482. The van der Waals surface area contributed by atoms with E-state index in [-0.39, 0.29) is 24.0 Å². The highest BCUT2D eigenvalue weighted by Gasteiger charge is 2.53. The van der Waals surface area contributed by atoms with E-state index in [1.54, 1.807) is 0 Å². The fraction of sp³-hybridized carbons (Fsp3) is 0.950. The third-order valence-corrected chi connectivity index (χ3v) is 6.87. The fourth-order valence-corrected chi connectivity index (χ4v) is 5.49. The van der Waals surface area contributed by atoms with Crippen LogP contribution in [-0.2, 0) is 4.74 Å². The summed E-state index contributed by atoms with van der Waals surface area (Å²) in [7, 11) is 0. The predicted molar refractivity (Wildman–Crippen MR) is 117 cm³/mol. The number of nitrogens with zero attached hydrogens (tertiary/aromatic N) is 3. The van der Waals surface area contributed by atoms with Crippen LogP contribution in [0.2, 0.25) is 0 Å². The summed E-state index contributed by atoms with van der Waals surface area (Å²) in [6, 6.07) is 0.661. The molecule has 4 aliphatic rings. The molecule has 0 amide bonds. The van der Waals surface area contributed by atoms with Crippen molar-refractivity contribution in [2.45, 2.75) is 64.7 Å². The molecule has 4 aliphatic heterocycles. The number of rotatable bonds is 4. The van der Waals surface area contributed by atoms with E-state index in [9.17, 15) is 0 Å². The number of piperidine rings is 1. The van der Waals surface area contributed by atoms with Gasteiger partial charge in [-0.1, -0.05) is 0 Å². The van der Waals surface area contributed by atoms with E-state index in [1.807, 2.05) is 0 Å². The number of fused-ring (bicyclic) bond motifs is 5. The summed E-state index contributed by atoms with van der Waals surface area (Å²) in [6.07, 6.45) is 6.27. The molecule has 0 spiro atoms. The maximum atomic E-state index is 6.12. The lowest BCUT2D eigenvalue weighted by Gasteiger charge is -2.35. The average Bonchev–Trinajstić information content (AvgIpc) is 3.31. The van der Waals surface area contributed by atoms with Crippen LogP contribution in [-0.4, -0.2) is 73.3 Å². The standard InChI is InChI=1S/C20H36N4O.HI/c1-4-21-20(22-10-15-6-5-9-23(11-15)14(2)3)24-12-16-17(13-24)19-8-7-18(16)25-19;/h14-19H,4-13H2,1-3H3,(H,21,22);1H. The van der Waals surface area contributed by atoms with Crippen LogP contribution < -0.4 is 5.32 Å². The van der Waals surface area contributed by atoms with Gasteiger partial charge in [-0.05, 0) is 58.9 Å². The minimum absolute atomic E-state index is 0. The Morgan fingerprint density at radius 1 is 1.12 bits per heavy atom. The molecule has 2 bridgehead atoms. The number of halogens is 1. The molecule has 4 heterocycles. The lowest BCUT2D eigenvalue weighted by atomic mass is 9.82.